The van der Waals surface area contributed by atoms with Gasteiger partial charge in [0.1, 0.15) is 9.08 Å². The van der Waals surface area contributed by atoms with Crippen molar-refractivity contribution in [1.29, 1.82) is 0 Å². The van der Waals surface area contributed by atoms with Crippen molar-refractivity contribution < 1.29 is 0 Å². The maximum Gasteiger partial charge on any atom is 0.144 e. The predicted octanol–water partition coefficient (Wildman–Crippen LogP) is 4.72. The SMILES string of the molecule is C=C(C)S/C(=N\C)SNSC1NC(=C)/C(=C\C=C/C)S1. The third kappa shape index (κ3) is 6.49. The van der Waals surface area contributed by atoms with Crippen LogP contribution in [-0.2, 0) is 0 Å². The fourth-order valence-corrected chi connectivity index (χ4v) is 5.23. The van der Waals surface area contributed by atoms with Crippen LogP contribution in [0.1, 0.15) is 13.8 Å². The standard InChI is InChI=1S/C13H19N3S4/c1-6-7-8-11-10(4)15-13(18-11)20-16-19-12(14-5)17-9(2)3/h6-8,13,15-16H,2,4H2,1,3,5H3/b7-6-,11-8+,14-12+. The lowest BCUT2D eigenvalue weighted by Crippen LogP contribution is -2.16. The first kappa shape index (κ1) is 17.8. The van der Waals surface area contributed by atoms with Gasteiger partial charge < -0.3 is 5.32 Å². The Morgan fingerprint density at radius 1 is 1.55 bits per heavy atom. The van der Waals surface area contributed by atoms with Gasteiger partial charge in [0.2, 0.25) is 0 Å². The summed E-state index contributed by atoms with van der Waals surface area (Å²) in [5.74, 6) is 0. The molecule has 1 saturated heterocycles. The van der Waals surface area contributed by atoms with Crippen LogP contribution in [0, 0.1) is 0 Å². The minimum Gasteiger partial charge on any atom is -0.363 e. The molecule has 0 amide bonds. The van der Waals surface area contributed by atoms with E-state index >= 15 is 0 Å². The Kier molecular flexibility index (Phi) is 8.63. The number of rotatable bonds is 5. The Hall–Kier alpha value is -0.210. The molecule has 1 heterocycles. The number of thioether (sulfide) groups is 2. The number of nitrogens with one attached hydrogen (secondary N) is 2. The summed E-state index contributed by atoms with van der Waals surface area (Å²) < 4.78 is 4.43. The second-order valence-electron chi connectivity index (χ2n) is 3.73. The topological polar surface area (TPSA) is 36.4 Å². The molecule has 7 heteroatoms. The molecule has 0 aromatic heterocycles. The molecule has 1 aliphatic heterocycles. The van der Waals surface area contributed by atoms with Gasteiger partial charge in [-0.15, -0.1) is 0 Å². The molecule has 0 spiro atoms. The van der Waals surface area contributed by atoms with Crippen molar-refractivity contribution in [2.45, 2.75) is 18.6 Å². The van der Waals surface area contributed by atoms with Gasteiger partial charge in [-0.2, -0.15) is 4.13 Å². The summed E-state index contributed by atoms with van der Waals surface area (Å²) in [5, 5.41) is 3.33. The minimum absolute atomic E-state index is 0.222. The molecule has 20 heavy (non-hydrogen) atoms. The van der Waals surface area contributed by atoms with Gasteiger partial charge >= 0.3 is 0 Å². The molecule has 0 aliphatic carbocycles. The van der Waals surface area contributed by atoms with E-state index in [2.05, 4.69) is 33.7 Å². The Labute approximate surface area is 138 Å². The lowest BCUT2D eigenvalue weighted by atomic mass is 10.4. The summed E-state index contributed by atoms with van der Waals surface area (Å²) in [6.45, 7) is 11.9. The first-order valence-corrected chi connectivity index (χ1v) is 9.29. The molecule has 110 valence electrons. The van der Waals surface area contributed by atoms with Crippen molar-refractivity contribution in [3.63, 3.8) is 0 Å². The molecule has 1 aliphatic rings. The lowest BCUT2D eigenvalue weighted by molar-refractivity contribution is 0.981. The molecular weight excluding hydrogens is 326 g/mol. The third-order valence-electron chi connectivity index (χ3n) is 1.99. The molecule has 2 N–H and O–H groups in total. The zero-order valence-corrected chi connectivity index (χ0v) is 15.1. The molecule has 0 aromatic carbocycles. The molecule has 0 bridgehead atoms. The molecule has 0 radical (unpaired) electrons. The maximum absolute atomic E-state index is 4.20. The molecule has 1 fully saturated rings. The van der Waals surface area contributed by atoms with Gasteiger partial charge in [-0.1, -0.05) is 48.8 Å². The van der Waals surface area contributed by atoms with Gasteiger partial charge in [0, 0.05) is 17.6 Å². The van der Waals surface area contributed by atoms with Crippen molar-refractivity contribution in [3.05, 3.63) is 46.9 Å². The smallest absolute Gasteiger partial charge is 0.144 e. The summed E-state index contributed by atoms with van der Waals surface area (Å²) in [4.78, 5) is 6.41. The second-order valence-corrected chi connectivity index (χ2v) is 8.68. The highest BCUT2D eigenvalue weighted by Gasteiger charge is 2.22. The summed E-state index contributed by atoms with van der Waals surface area (Å²) in [7, 11) is 1.78. The van der Waals surface area contributed by atoms with E-state index < -0.39 is 0 Å². The van der Waals surface area contributed by atoms with Crippen LogP contribution in [-0.4, -0.2) is 16.1 Å². The largest absolute Gasteiger partial charge is 0.363 e. The van der Waals surface area contributed by atoms with E-state index in [9.17, 15) is 0 Å². The Balaban J connectivity index is 2.37. The van der Waals surface area contributed by atoms with Crippen molar-refractivity contribution >= 4 is 51.8 Å². The lowest BCUT2D eigenvalue weighted by Gasteiger charge is -2.10. The van der Waals surface area contributed by atoms with Gasteiger partial charge in [-0.3, -0.25) is 4.99 Å². The zero-order valence-electron chi connectivity index (χ0n) is 11.8. The van der Waals surface area contributed by atoms with E-state index in [-0.39, 0.29) is 4.71 Å². The van der Waals surface area contributed by atoms with Gasteiger partial charge in [-0.25, -0.2) is 0 Å². The van der Waals surface area contributed by atoms with Crippen LogP contribution in [0.5, 0.6) is 0 Å². The van der Waals surface area contributed by atoms with Crippen LogP contribution in [0.2, 0.25) is 0 Å². The van der Waals surface area contributed by atoms with Gasteiger partial charge in [0.15, 0.2) is 0 Å². The third-order valence-corrected chi connectivity index (χ3v) is 6.15. The zero-order chi connectivity index (χ0) is 15.0. The van der Waals surface area contributed by atoms with E-state index in [0.29, 0.717) is 0 Å². The second kappa shape index (κ2) is 9.68. The quantitative estimate of drug-likeness (QED) is 0.427. The first-order chi connectivity index (χ1) is 9.56. The van der Waals surface area contributed by atoms with Crippen LogP contribution in [0.4, 0.5) is 0 Å². The normalized spacial score (nSPS) is 21.8. The van der Waals surface area contributed by atoms with E-state index in [1.165, 1.54) is 16.9 Å². The molecule has 3 nitrogen and oxygen atoms in total. The maximum atomic E-state index is 4.20. The number of hydrogen-bond donors (Lipinski definition) is 2. The summed E-state index contributed by atoms with van der Waals surface area (Å²) >= 11 is 6.44. The Bertz CT molecular complexity index is 455. The highest BCUT2D eigenvalue weighted by molar-refractivity contribution is 8.42. The van der Waals surface area contributed by atoms with E-state index in [1.807, 2.05) is 26.0 Å². The molecule has 1 atom stereocenters. The number of nitrogens with zero attached hydrogens (tertiary/aromatic N) is 1. The molecule has 0 aromatic rings. The Morgan fingerprint density at radius 2 is 2.30 bits per heavy atom. The van der Waals surface area contributed by atoms with Crippen LogP contribution in [0.3, 0.4) is 0 Å². The molecule has 1 unspecified atom stereocenters. The summed E-state index contributed by atoms with van der Waals surface area (Å²) in [5.41, 5.74) is 0.970. The van der Waals surface area contributed by atoms with E-state index in [0.717, 1.165) is 15.0 Å². The first-order valence-electron chi connectivity index (χ1n) is 5.90. The minimum atomic E-state index is 0.222. The van der Waals surface area contributed by atoms with Crippen LogP contribution < -0.4 is 9.44 Å². The molecule has 1 rings (SSSR count). The Morgan fingerprint density at radius 3 is 2.90 bits per heavy atom. The molecular formula is C13H19N3S4. The van der Waals surface area contributed by atoms with Gasteiger partial charge in [0.25, 0.3) is 0 Å². The van der Waals surface area contributed by atoms with Crippen LogP contribution >= 0.6 is 47.4 Å². The predicted molar refractivity (Wildman–Crippen MR) is 101 cm³/mol. The van der Waals surface area contributed by atoms with E-state index in [1.54, 1.807) is 42.5 Å². The number of allylic oxidation sites excluding steroid dienone is 4. The average molecular weight is 346 g/mol. The van der Waals surface area contributed by atoms with Gasteiger partial charge in [0.05, 0.1) is 0 Å². The summed E-state index contributed by atoms with van der Waals surface area (Å²) in [6.07, 6.45) is 6.10. The van der Waals surface area contributed by atoms with Crippen molar-refractivity contribution in [2.75, 3.05) is 7.05 Å². The highest BCUT2D eigenvalue weighted by Crippen LogP contribution is 2.38. The highest BCUT2D eigenvalue weighted by atomic mass is 32.3. The van der Waals surface area contributed by atoms with Crippen molar-refractivity contribution in [3.8, 4) is 0 Å². The van der Waals surface area contributed by atoms with Gasteiger partial charge in [-0.05, 0) is 48.7 Å². The molecule has 0 saturated carbocycles. The van der Waals surface area contributed by atoms with Crippen LogP contribution in [0.15, 0.2) is 51.9 Å². The van der Waals surface area contributed by atoms with Crippen molar-refractivity contribution in [1.82, 2.24) is 9.44 Å². The van der Waals surface area contributed by atoms with E-state index in [4.69, 9.17) is 0 Å². The van der Waals surface area contributed by atoms with Crippen molar-refractivity contribution in [2.24, 2.45) is 4.99 Å². The summed E-state index contributed by atoms with van der Waals surface area (Å²) in [6, 6.07) is 0. The van der Waals surface area contributed by atoms with Crippen LogP contribution in [0.25, 0.3) is 0 Å². The monoisotopic (exact) mass is 345 g/mol. The average Bonchev–Trinajstić information content (AvgIpc) is 2.75. The fourth-order valence-electron chi connectivity index (χ4n) is 1.17. The number of hydrogen-bond acceptors (Lipinski definition) is 7. The fraction of sp³-hybridized carbons (Fsp3) is 0.308. The number of aliphatic imine (C=N–C) groups is 1.